The van der Waals surface area contributed by atoms with E-state index in [1.54, 1.807) is 29.2 Å². The first-order valence-electron chi connectivity index (χ1n) is 10.3. The summed E-state index contributed by atoms with van der Waals surface area (Å²) in [7, 11) is 1.24. The predicted molar refractivity (Wildman–Crippen MR) is 130 cm³/mol. The van der Waals surface area contributed by atoms with Crippen LogP contribution in [0.2, 0.25) is 0 Å². The predicted octanol–water partition coefficient (Wildman–Crippen LogP) is 4.27. The summed E-state index contributed by atoms with van der Waals surface area (Å²) in [6.45, 7) is 0. The van der Waals surface area contributed by atoms with Crippen LogP contribution in [0.15, 0.2) is 74.1 Å². The number of nitrogens with two attached hydrogens (primary N) is 1. The number of ether oxygens (including phenoxy) is 1. The molecule has 7 nitrogen and oxygen atoms in total. The minimum Gasteiger partial charge on any atom is -0.466 e. The van der Waals surface area contributed by atoms with Crippen LogP contribution in [0.5, 0.6) is 0 Å². The fourth-order valence-corrected chi connectivity index (χ4v) is 6.33. The van der Waals surface area contributed by atoms with Crippen molar-refractivity contribution in [2.75, 3.05) is 17.3 Å². The van der Waals surface area contributed by atoms with Gasteiger partial charge in [0.1, 0.15) is 16.8 Å². The molecule has 2 heterocycles. The molecule has 1 atom stereocenters. The second-order valence-electron chi connectivity index (χ2n) is 8.03. The summed E-state index contributed by atoms with van der Waals surface area (Å²) in [5.74, 6) is -1.37. The highest BCUT2D eigenvalue weighted by Crippen LogP contribution is 2.55. The van der Waals surface area contributed by atoms with Gasteiger partial charge in [0.05, 0.1) is 12.8 Å². The zero-order valence-electron chi connectivity index (χ0n) is 17.6. The third-order valence-corrected chi connectivity index (χ3v) is 7.49. The normalized spacial score (nSPS) is 21.8. The van der Waals surface area contributed by atoms with Gasteiger partial charge in [0, 0.05) is 37.9 Å². The van der Waals surface area contributed by atoms with Crippen LogP contribution in [-0.2, 0) is 24.5 Å². The Labute approximate surface area is 206 Å². The molecular formula is C24H19Br2N3O4. The molecule has 0 fully saturated rings. The van der Waals surface area contributed by atoms with Crippen LogP contribution in [0.1, 0.15) is 24.8 Å². The number of rotatable bonds is 2. The maximum atomic E-state index is 13.7. The Morgan fingerprint density at radius 2 is 1.91 bits per heavy atom. The molecular weight excluding hydrogens is 554 g/mol. The van der Waals surface area contributed by atoms with Crippen molar-refractivity contribution in [2.45, 2.75) is 24.7 Å². The number of hydrogen-bond acceptors (Lipinski definition) is 6. The quantitative estimate of drug-likeness (QED) is 0.521. The number of nitrogens with one attached hydrogen (secondary N) is 1. The van der Waals surface area contributed by atoms with Crippen molar-refractivity contribution in [3.63, 3.8) is 0 Å². The third kappa shape index (κ3) is 2.95. The maximum Gasteiger partial charge on any atom is 0.339 e. The molecule has 1 aliphatic carbocycles. The lowest BCUT2D eigenvalue weighted by Gasteiger charge is -2.44. The lowest BCUT2D eigenvalue weighted by molar-refractivity contribution is -0.138. The van der Waals surface area contributed by atoms with E-state index in [1.807, 2.05) is 18.2 Å². The van der Waals surface area contributed by atoms with Crippen molar-refractivity contribution in [3.8, 4) is 0 Å². The zero-order chi connectivity index (χ0) is 23.5. The lowest BCUT2D eigenvalue weighted by atomic mass is 9.63. The Kier molecular flexibility index (Phi) is 5.21. The van der Waals surface area contributed by atoms with Crippen LogP contribution in [0.4, 0.5) is 11.4 Å². The number of methoxy groups -OCH3 is 1. The molecule has 0 saturated heterocycles. The topological polar surface area (TPSA) is 102 Å². The minimum absolute atomic E-state index is 0.0590. The van der Waals surface area contributed by atoms with E-state index in [9.17, 15) is 14.4 Å². The van der Waals surface area contributed by atoms with Gasteiger partial charge in [0.15, 0.2) is 5.78 Å². The smallest absolute Gasteiger partial charge is 0.339 e. The average molecular weight is 573 g/mol. The van der Waals surface area contributed by atoms with Gasteiger partial charge in [-0.1, -0.05) is 34.1 Å². The number of carbonyl (C=O) groups excluding carboxylic acids is 3. The van der Waals surface area contributed by atoms with Gasteiger partial charge in [-0.3, -0.25) is 14.5 Å². The third-order valence-electron chi connectivity index (χ3n) is 6.36. The number of carbonyl (C=O) groups is 3. The Morgan fingerprint density at radius 1 is 1.15 bits per heavy atom. The van der Waals surface area contributed by atoms with Crippen LogP contribution >= 0.6 is 31.9 Å². The number of allylic oxidation sites excluding steroid dienone is 1. The molecule has 2 aliphatic heterocycles. The molecule has 168 valence electrons. The number of Topliss-reactive ketones (excluding diaryl/α,β-unsaturated/α-hetero) is 1. The number of nitrogens with zero attached hydrogens (tertiary/aromatic N) is 1. The molecule has 3 aliphatic rings. The van der Waals surface area contributed by atoms with E-state index in [4.69, 9.17) is 10.5 Å². The Bertz CT molecular complexity index is 1320. The molecule has 0 bridgehead atoms. The molecule has 3 N–H and O–H groups in total. The van der Waals surface area contributed by atoms with E-state index in [2.05, 4.69) is 37.2 Å². The molecule has 0 saturated carbocycles. The van der Waals surface area contributed by atoms with Crippen molar-refractivity contribution in [2.24, 2.45) is 5.73 Å². The molecule has 0 radical (unpaired) electrons. The fourth-order valence-electron chi connectivity index (χ4n) is 5.10. The van der Waals surface area contributed by atoms with E-state index < -0.39 is 17.3 Å². The van der Waals surface area contributed by atoms with Gasteiger partial charge in [0.2, 0.25) is 5.91 Å². The Morgan fingerprint density at radius 3 is 2.64 bits per heavy atom. The Balaban J connectivity index is 1.92. The van der Waals surface area contributed by atoms with E-state index in [0.717, 1.165) is 4.47 Å². The summed E-state index contributed by atoms with van der Waals surface area (Å²) in [6.07, 6.45) is 1.41. The van der Waals surface area contributed by atoms with Crippen molar-refractivity contribution >= 4 is 60.9 Å². The van der Waals surface area contributed by atoms with Crippen molar-refractivity contribution in [1.82, 2.24) is 0 Å². The first kappa shape index (κ1) is 21.9. The standard InChI is InChI=1S/C24H19Br2N3O4/c1-33-22(31)20-21(27)29(16-10-9-12(25)11-14(16)26)17-7-4-8-18(30)19(17)24(20)13-5-2-3-6-15(13)28-23(24)32/h2-3,5-6,9-11H,4,7-8,27H2,1H3,(H,28,32). The van der Waals surface area contributed by atoms with E-state index in [-0.39, 0.29) is 29.2 Å². The molecule has 1 unspecified atom stereocenters. The van der Waals surface area contributed by atoms with Gasteiger partial charge in [-0.15, -0.1) is 0 Å². The summed E-state index contributed by atoms with van der Waals surface area (Å²) in [6, 6.07) is 12.6. The second-order valence-corrected chi connectivity index (χ2v) is 9.80. The van der Waals surface area contributed by atoms with Crippen LogP contribution in [0.25, 0.3) is 0 Å². The van der Waals surface area contributed by atoms with Gasteiger partial charge < -0.3 is 15.8 Å². The van der Waals surface area contributed by atoms with Gasteiger partial charge in [-0.2, -0.15) is 0 Å². The first-order chi connectivity index (χ1) is 15.8. The minimum atomic E-state index is -1.67. The molecule has 33 heavy (non-hydrogen) atoms. The molecule has 0 aromatic heterocycles. The molecule has 9 heteroatoms. The first-order valence-corrected chi connectivity index (χ1v) is 11.9. The van der Waals surface area contributed by atoms with E-state index in [1.165, 1.54) is 7.11 Å². The molecule has 2 aromatic rings. The highest BCUT2D eigenvalue weighted by Gasteiger charge is 2.61. The monoisotopic (exact) mass is 571 g/mol. The largest absolute Gasteiger partial charge is 0.466 e. The van der Waals surface area contributed by atoms with Gasteiger partial charge in [-0.05, 0) is 53.0 Å². The van der Waals surface area contributed by atoms with Gasteiger partial charge in [0.25, 0.3) is 0 Å². The van der Waals surface area contributed by atoms with Crippen molar-refractivity contribution in [3.05, 3.63) is 79.6 Å². The van der Waals surface area contributed by atoms with Gasteiger partial charge in [-0.25, -0.2) is 4.79 Å². The number of para-hydroxylation sites is 1. The summed E-state index contributed by atoms with van der Waals surface area (Å²) < 4.78 is 6.68. The van der Waals surface area contributed by atoms with Gasteiger partial charge >= 0.3 is 5.97 Å². The van der Waals surface area contributed by atoms with Crippen LogP contribution < -0.4 is 16.0 Å². The van der Waals surface area contributed by atoms with Crippen molar-refractivity contribution in [1.29, 1.82) is 0 Å². The average Bonchev–Trinajstić information content (AvgIpc) is 3.07. The van der Waals surface area contributed by atoms with Crippen LogP contribution in [-0.4, -0.2) is 24.8 Å². The number of halogens is 2. The number of ketones is 1. The number of hydrogen-bond donors (Lipinski definition) is 2. The van der Waals surface area contributed by atoms with Crippen LogP contribution in [0.3, 0.4) is 0 Å². The SMILES string of the molecule is COC(=O)C1=C(N)N(c2ccc(Br)cc2Br)C2=C(C(=O)CCC2)C12C(=O)Nc1ccccc12. The number of amides is 1. The highest BCUT2D eigenvalue weighted by atomic mass is 79.9. The van der Waals surface area contributed by atoms with Crippen molar-refractivity contribution < 1.29 is 19.1 Å². The number of fused-ring (bicyclic) bond motifs is 3. The van der Waals surface area contributed by atoms with E-state index >= 15 is 0 Å². The van der Waals surface area contributed by atoms with Crippen LogP contribution in [0, 0.1) is 0 Å². The number of anilines is 2. The molecule has 2 aromatic carbocycles. The lowest BCUT2D eigenvalue weighted by Crippen LogP contribution is -2.53. The number of benzene rings is 2. The summed E-state index contributed by atoms with van der Waals surface area (Å²) in [5.41, 5.74) is 7.60. The zero-order valence-corrected chi connectivity index (χ0v) is 20.7. The molecule has 1 spiro atoms. The Hall–Kier alpha value is -2.91. The second kappa shape index (κ2) is 7.85. The molecule has 1 amide bonds. The fraction of sp³-hybridized carbons (Fsp3) is 0.208. The van der Waals surface area contributed by atoms with E-state index in [0.29, 0.717) is 39.9 Å². The summed E-state index contributed by atoms with van der Waals surface area (Å²) >= 11 is 7.03. The number of esters is 1. The maximum absolute atomic E-state index is 13.7. The molecule has 5 rings (SSSR count). The summed E-state index contributed by atoms with van der Waals surface area (Å²) in [5, 5.41) is 2.86. The summed E-state index contributed by atoms with van der Waals surface area (Å²) in [4.78, 5) is 42.2. The highest BCUT2D eigenvalue weighted by molar-refractivity contribution is 9.11.